The van der Waals surface area contributed by atoms with E-state index in [1.807, 2.05) is 43.3 Å². The molecule has 2 aromatic rings. The molecule has 4 nitrogen and oxygen atoms in total. The number of carbonyl (C=O) groups excluding carboxylic acids is 1. The number of cyclic esters (lactones) is 1. The van der Waals surface area contributed by atoms with Crippen LogP contribution in [0.4, 0.5) is 0 Å². The van der Waals surface area contributed by atoms with Gasteiger partial charge < -0.3 is 9.47 Å². The number of aliphatic imine (C=N–C) groups is 1. The number of hydrogen-bond acceptors (Lipinski definition) is 4. The minimum atomic E-state index is -0.443. The zero-order chi connectivity index (χ0) is 16.9. The van der Waals surface area contributed by atoms with Crippen molar-refractivity contribution in [1.82, 2.24) is 0 Å². The van der Waals surface area contributed by atoms with Crippen molar-refractivity contribution in [2.24, 2.45) is 4.99 Å². The molecule has 1 aliphatic rings. The molecule has 1 heterocycles. The second-order valence-corrected chi connectivity index (χ2v) is 5.36. The Morgan fingerprint density at radius 2 is 1.79 bits per heavy atom. The minimum absolute atomic E-state index is 0.297. The van der Waals surface area contributed by atoms with E-state index in [0.29, 0.717) is 11.6 Å². The highest BCUT2D eigenvalue weighted by Crippen LogP contribution is 2.20. The second kappa shape index (κ2) is 6.96. The molecule has 0 amide bonds. The smallest absolute Gasteiger partial charge is 0.363 e. The van der Waals surface area contributed by atoms with Crippen LogP contribution in [0.15, 0.2) is 76.9 Å². The lowest BCUT2D eigenvalue weighted by molar-refractivity contribution is -0.130. The summed E-state index contributed by atoms with van der Waals surface area (Å²) in [6.07, 6.45) is 3.72. The third-order valence-corrected chi connectivity index (χ3v) is 3.52. The van der Waals surface area contributed by atoms with Gasteiger partial charge in [0, 0.05) is 5.56 Å². The highest BCUT2D eigenvalue weighted by molar-refractivity contribution is 6.11. The first-order valence-electron chi connectivity index (χ1n) is 7.56. The van der Waals surface area contributed by atoms with Gasteiger partial charge in [0.15, 0.2) is 5.70 Å². The standard InChI is InChI=1S/C20H17NO3/c1-14(12-15-6-4-3-5-7-15)13-18-20(22)24-19(21-18)16-8-10-17(23-2)11-9-16/h3-13H,1-2H3/b14-12+,18-13-. The number of rotatable bonds is 4. The molecule has 2 aromatic carbocycles. The lowest BCUT2D eigenvalue weighted by Gasteiger charge is -2.01. The maximum absolute atomic E-state index is 12.0. The summed E-state index contributed by atoms with van der Waals surface area (Å²) in [5.41, 5.74) is 3.02. The fourth-order valence-electron chi connectivity index (χ4n) is 2.34. The Morgan fingerprint density at radius 1 is 1.08 bits per heavy atom. The highest BCUT2D eigenvalue weighted by atomic mass is 16.6. The van der Waals surface area contributed by atoms with Gasteiger partial charge in [-0.3, -0.25) is 0 Å². The number of methoxy groups -OCH3 is 1. The molecule has 0 aliphatic carbocycles. The monoisotopic (exact) mass is 319 g/mol. The van der Waals surface area contributed by atoms with Gasteiger partial charge in [-0.1, -0.05) is 36.4 Å². The Balaban J connectivity index is 1.84. The van der Waals surface area contributed by atoms with Crippen molar-refractivity contribution in [2.75, 3.05) is 7.11 Å². The quantitative estimate of drug-likeness (QED) is 0.632. The molecule has 0 aromatic heterocycles. The Bertz CT molecular complexity index is 831. The third-order valence-electron chi connectivity index (χ3n) is 3.52. The Labute approximate surface area is 140 Å². The van der Waals surface area contributed by atoms with Gasteiger partial charge in [-0.25, -0.2) is 9.79 Å². The molecular weight excluding hydrogens is 302 g/mol. The molecule has 120 valence electrons. The molecule has 0 radical (unpaired) electrons. The van der Waals surface area contributed by atoms with Crippen molar-refractivity contribution < 1.29 is 14.3 Å². The van der Waals surface area contributed by atoms with Gasteiger partial charge in [0.25, 0.3) is 0 Å². The van der Waals surface area contributed by atoms with E-state index in [0.717, 1.165) is 22.4 Å². The summed E-state index contributed by atoms with van der Waals surface area (Å²) >= 11 is 0. The van der Waals surface area contributed by atoms with Crippen LogP contribution in [0.1, 0.15) is 18.1 Å². The molecule has 0 bridgehead atoms. The van der Waals surface area contributed by atoms with E-state index < -0.39 is 5.97 Å². The predicted octanol–water partition coefficient (Wildman–Crippen LogP) is 3.99. The number of carbonyl (C=O) groups is 1. The van der Waals surface area contributed by atoms with Gasteiger partial charge >= 0.3 is 5.97 Å². The van der Waals surface area contributed by atoms with Crippen LogP contribution >= 0.6 is 0 Å². The van der Waals surface area contributed by atoms with Crippen LogP contribution in [-0.4, -0.2) is 19.0 Å². The molecule has 0 fully saturated rings. The normalized spacial score (nSPS) is 16.1. The van der Waals surface area contributed by atoms with Crippen LogP contribution < -0.4 is 4.74 Å². The largest absolute Gasteiger partial charge is 0.497 e. The minimum Gasteiger partial charge on any atom is -0.497 e. The lowest BCUT2D eigenvalue weighted by Crippen LogP contribution is -2.05. The van der Waals surface area contributed by atoms with Crippen molar-refractivity contribution >= 4 is 17.9 Å². The number of esters is 1. The maximum atomic E-state index is 12.0. The van der Waals surface area contributed by atoms with Crippen LogP contribution in [0.25, 0.3) is 6.08 Å². The SMILES string of the molecule is COc1ccc(C2=N/C(=C\C(C)=C\c3ccccc3)C(=O)O2)cc1. The van der Waals surface area contributed by atoms with Crippen LogP contribution in [-0.2, 0) is 9.53 Å². The molecule has 1 aliphatic heterocycles. The molecule has 24 heavy (non-hydrogen) atoms. The van der Waals surface area contributed by atoms with E-state index in [1.165, 1.54) is 0 Å². The molecule has 0 unspecified atom stereocenters. The van der Waals surface area contributed by atoms with Crippen LogP contribution in [0.5, 0.6) is 5.75 Å². The third kappa shape index (κ3) is 3.60. The van der Waals surface area contributed by atoms with Crippen molar-refractivity contribution in [2.45, 2.75) is 6.92 Å². The average molecular weight is 319 g/mol. The predicted molar refractivity (Wildman–Crippen MR) is 93.8 cm³/mol. The molecular formula is C20H17NO3. The van der Waals surface area contributed by atoms with Crippen molar-refractivity contribution in [3.8, 4) is 5.75 Å². The number of hydrogen-bond donors (Lipinski definition) is 0. The van der Waals surface area contributed by atoms with E-state index in [1.54, 1.807) is 37.5 Å². The van der Waals surface area contributed by atoms with Crippen LogP contribution in [0.2, 0.25) is 0 Å². The fraction of sp³-hybridized carbons (Fsp3) is 0.100. The lowest BCUT2D eigenvalue weighted by atomic mass is 10.1. The second-order valence-electron chi connectivity index (χ2n) is 5.36. The summed E-state index contributed by atoms with van der Waals surface area (Å²) in [6, 6.07) is 17.1. The summed E-state index contributed by atoms with van der Waals surface area (Å²) in [7, 11) is 1.60. The summed E-state index contributed by atoms with van der Waals surface area (Å²) in [4.78, 5) is 16.3. The van der Waals surface area contributed by atoms with E-state index in [2.05, 4.69) is 4.99 Å². The first kappa shape index (κ1) is 15.7. The van der Waals surface area contributed by atoms with E-state index in [9.17, 15) is 4.79 Å². The maximum Gasteiger partial charge on any atom is 0.363 e. The Morgan fingerprint density at radius 3 is 2.46 bits per heavy atom. The van der Waals surface area contributed by atoms with Gasteiger partial charge in [0.1, 0.15) is 5.75 Å². The molecule has 0 N–H and O–H groups in total. The fourth-order valence-corrected chi connectivity index (χ4v) is 2.34. The van der Waals surface area contributed by atoms with Gasteiger partial charge in [-0.15, -0.1) is 0 Å². The van der Waals surface area contributed by atoms with Crippen molar-refractivity contribution in [3.63, 3.8) is 0 Å². The summed E-state index contributed by atoms with van der Waals surface area (Å²) in [6.45, 7) is 1.92. The summed E-state index contributed by atoms with van der Waals surface area (Å²) in [5.74, 6) is 0.601. The molecule has 0 spiro atoms. The van der Waals surface area contributed by atoms with Crippen LogP contribution in [0, 0.1) is 0 Å². The Hall–Kier alpha value is -3.14. The van der Waals surface area contributed by atoms with Gasteiger partial charge in [-0.2, -0.15) is 0 Å². The molecule has 4 heteroatoms. The number of allylic oxidation sites excluding steroid dienone is 2. The zero-order valence-corrected chi connectivity index (χ0v) is 13.5. The molecule has 0 atom stereocenters. The van der Waals surface area contributed by atoms with E-state index in [-0.39, 0.29) is 0 Å². The molecule has 0 saturated heterocycles. The zero-order valence-electron chi connectivity index (χ0n) is 13.5. The van der Waals surface area contributed by atoms with Gasteiger partial charge in [0.05, 0.1) is 7.11 Å². The van der Waals surface area contributed by atoms with Gasteiger partial charge in [-0.05, 0) is 48.4 Å². The summed E-state index contributed by atoms with van der Waals surface area (Å²) < 4.78 is 10.4. The molecule has 3 rings (SSSR count). The average Bonchev–Trinajstić information content (AvgIpc) is 2.96. The van der Waals surface area contributed by atoms with Crippen molar-refractivity contribution in [1.29, 1.82) is 0 Å². The summed E-state index contributed by atoms with van der Waals surface area (Å²) in [5, 5.41) is 0. The van der Waals surface area contributed by atoms with E-state index in [4.69, 9.17) is 9.47 Å². The molecule has 0 saturated carbocycles. The number of nitrogens with zero attached hydrogens (tertiary/aromatic N) is 1. The first-order chi connectivity index (χ1) is 11.7. The first-order valence-corrected chi connectivity index (χ1v) is 7.56. The van der Waals surface area contributed by atoms with Crippen LogP contribution in [0.3, 0.4) is 0 Å². The van der Waals surface area contributed by atoms with Gasteiger partial charge in [0.2, 0.25) is 5.90 Å². The van der Waals surface area contributed by atoms with E-state index >= 15 is 0 Å². The number of benzene rings is 2. The Kier molecular flexibility index (Phi) is 4.57. The van der Waals surface area contributed by atoms with Crippen molar-refractivity contribution in [3.05, 3.63) is 83.1 Å². The number of ether oxygens (including phenoxy) is 2. The highest BCUT2D eigenvalue weighted by Gasteiger charge is 2.24. The topological polar surface area (TPSA) is 47.9 Å².